The number of likely N-dealkylation sites (N-methyl/N-ethyl adjacent to an activating group) is 1. The number of nitrogens with zero attached hydrogens (tertiary/aromatic N) is 1. The van der Waals surface area contributed by atoms with Crippen molar-refractivity contribution in [3.05, 3.63) is 22.4 Å². The number of rotatable bonds is 2. The molecule has 1 aliphatic rings. The van der Waals surface area contributed by atoms with E-state index in [4.69, 9.17) is 0 Å². The second kappa shape index (κ2) is 4.11. The first-order valence-electron chi connectivity index (χ1n) is 4.79. The molecule has 4 heteroatoms. The Bertz CT molecular complexity index is 304. The topological polar surface area (TPSA) is 32.3 Å². The minimum atomic E-state index is 0.139. The van der Waals surface area contributed by atoms with Gasteiger partial charge >= 0.3 is 0 Å². The molecule has 1 aromatic heterocycles. The van der Waals surface area contributed by atoms with Crippen LogP contribution in [0.1, 0.15) is 16.8 Å². The fourth-order valence-corrected chi connectivity index (χ4v) is 2.36. The van der Waals surface area contributed by atoms with E-state index in [1.807, 2.05) is 28.8 Å². The maximum absolute atomic E-state index is 11.9. The molecule has 76 valence electrons. The molecular weight excluding hydrogens is 196 g/mol. The van der Waals surface area contributed by atoms with E-state index >= 15 is 0 Å². The predicted molar refractivity (Wildman–Crippen MR) is 57.7 cm³/mol. The highest BCUT2D eigenvalue weighted by Gasteiger charge is 2.23. The van der Waals surface area contributed by atoms with Crippen molar-refractivity contribution in [3.8, 4) is 0 Å². The zero-order chi connectivity index (χ0) is 9.97. The first-order valence-corrected chi connectivity index (χ1v) is 5.73. The number of nitrogens with one attached hydrogen (secondary N) is 1. The Kier molecular flexibility index (Phi) is 2.84. The minimum absolute atomic E-state index is 0.139. The smallest absolute Gasteiger partial charge is 0.254 e. The van der Waals surface area contributed by atoms with Gasteiger partial charge < -0.3 is 10.2 Å². The second-order valence-corrected chi connectivity index (χ2v) is 4.35. The summed E-state index contributed by atoms with van der Waals surface area (Å²) in [7, 11) is 1.89. The zero-order valence-corrected chi connectivity index (χ0v) is 9.01. The van der Waals surface area contributed by atoms with Gasteiger partial charge in [0.25, 0.3) is 5.91 Å². The van der Waals surface area contributed by atoms with Crippen molar-refractivity contribution in [1.29, 1.82) is 0 Å². The summed E-state index contributed by atoms with van der Waals surface area (Å²) >= 11 is 1.56. The van der Waals surface area contributed by atoms with Crippen LogP contribution in [0, 0.1) is 0 Å². The van der Waals surface area contributed by atoms with Gasteiger partial charge in [-0.05, 0) is 24.4 Å². The quantitative estimate of drug-likeness (QED) is 0.795. The van der Waals surface area contributed by atoms with E-state index < -0.39 is 0 Å². The van der Waals surface area contributed by atoms with Gasteiger partial charge in [0.2, 0.25) is 0 Å². The maximum atomic E-state index is 11.9. The standard InChI is InChI=1S/C10H14N2OS/c1-12(9-2-4-11-6-9)10(13)8-3-5-14-7-8/h3,5,7,9,11H,2,4,6H2,1H3/t9-/m1/s1. The summed E-state index contributed by atoms with van der Waals surface area (Å²) in [6.45, 7) is 1.94. The molecule has 0 aromatic carbocycles. The van der Waals surface area contributed by atoms with Crippen molar-refractivity contribution in [3.63, 3.8) is 0 Å². The molecule has 0 aliphatic carbocycles. The number of hydrogen-bond acceptors (Lipinski definition) is 3. The maximum Gasteiger partial charge on any atom is 0.254 e. The van der Waals surface area contributed by atoms with Gasteiger partial charge in [-0.1, -0.05) is 0 Å². The van der Waals surface area contributed by atoms with E-state index in [0.29, 0.717) is 6.04 Å². The molecule has 1 aliphatic heterocycles. The van der Waals surface area contributed by atoms with E-state index in [1.165, 1.54) is 0 Å². The van der Waals surface area contributed by atoms with Crippen LogP contribution in [-0.2, 0) is 0 Å². The summed E-state index contributed by atoms with van der Waals surface area (Å²) in [4.78, 5) is 13.7. The van der Waals surface area contributed by atoms with E-state index in [9.17, 15) is 4.79 Å². The predicted octanol–water partition coefficient (Wildman–Crippen LogP) is 1.18. The molecule has 1 saturated heterocycles. The molecule has 0 saturated carbocycles. The van der Waals surface area contributed by atoms with Gasteiger partial charge in [-0.3, -0.25) is 4.79 Å². The summed E-state index contributed by atoms with van der Waals surface area (Å²) < 4.78 is 0. The van der Waals surface area contributed by atoms with Gasteiger partial charge in [-0.15, -0.1) is 0 Å². The van der Waals surface area contributed by atoms with Crippen molar-refractivity contribution in [2.24, 2.45) is 0 Å². The third kappa shape index (κ3) is 1.81. The fourth-order valence-electron chi connectivity index (χ4n) is 1.73. The van der Waals surface area contributed by atoms with Crippen molar-refractivity contribution < 1.29 is 4.79 Å². The molecule has 14 heavy (non-hydrogen) atoms. The highest BCUT2D eigenvalue weighted by molar-refractivity contribution is 7.08. The van der Waals surface area contributed by atoms with Crippen molar-refractivity contribution in [2.45, 2.75) is 12.5 Å². The number of amides is 1. The summed E-state index contributed by atoms with van der Waals surface area (Å²) in [5.41, 5.74) is 0.810. The minimum Gasteiger partial charge on any atom is -0.337 e. The third-order valence-corrected chi connectivity index (χ3v) is 3.35. The highest BCUT2D eigenvalue weighted by Crippen LogP contribution is 2.13. The van der Waals surface area contributed by atoms with Gasteiger partial charge in [-0.2, -0.15) is 11.3 Å². The number of thiophene rings is 1. The summed E-state index contributed by atoms with van der Waals surface area (Å²) in [5.74, 6) is 0.139. The molecule has 0 bridgehead atoms. The van der Waals surface area contributed by atoms with Crippen LogP contribution < -0.4 is 5.32 Å². The lowest BCUT2D eigenvalue weighted by molar-refractivity contribution is 0.0744. The summed E-state index contributed by atoms with van der Waals surface area (Å²) in [6, 6.07) is 2.24. The molecule has 0 unspecified atom stereocenters. The molecule has 1 aromatic rings. The molecule has 2 heterocycles. The Labute approximate surface area is 87.7 Å². The molecule has 1 atom stereocenters. The van der Waals surface area contributed by atoms with Gasteiger partial charge in [-0.25, -0.2) is 0 Å². The molecule has 2 rings (SSSR count). The fraction of sp³-hybridized carbons (Fsp3) is 0.500. The van der Waals surface area contributed by atoms with Crippen LogP contribution in [0.3, 0.4) is 0 Å². The van der Waals surface area contributed by atoms with Crippen LogP contribution in [-0.4, -0.2) is 37.0 Å². The summed E-state index contributed by atoms with van der Waals surface area (Å²) in [6.07, 6.45) is 1.06. The Morgan fingerprint density at radius 2 is 2.57 bits per heavy atom. The first kappa shape index (κ1) is 9.68. The largest absolute Gasteiger partial charge is 0.337 e. The molecule has 1 fully saturated rings. The lowest BCUT2D eigenvalue weighted by atomic mass is 10.2. The third-order valence-electron chi connectivity index (χ3n) is 2.67. The Balaban J connectivity index is 2.04. The van der Waals surface area contributed by atoms with E-state index in [2.05, 4.69) is 5.32 Å². The Morgan fingerprint density at radius 3 is 3.14 bits per heavy atom. The molecule has 1 N–H and O–H groups in total. The highest BCUT2D eigenvalue weighted by atomic mass is 32.1. The average Bonchev–Trinajstić information content (AvgIpc) is 2.87. The van der Waals surface area contributed by atoms with Crippen LogP contribution in [0.4, 0.5) is 0 Å². The lowest BCUT2D eigenvalue weighted by Gasteiger charge is -2.23. The second-order valence-electron chi connectivity index (χ2n) is 3.57. The monoisotopic (exact) mass is 210 g/mol. The average molecular weight is 210 g/mol. The number of carbonyl (C=O) groups excluding carboxylic acids is 1. The van der Waals surface area contributed by atoms with E-state index in [1.54, 1.807) is 11.3 Å². The first-order chi connectivity index (χ1) is 6.79. The van der Waals surface area contributed by atoms with Gasteiger partial charge in [0.1, 0.15) is 0 Å². The lowest BCUT2D eigenvalue weighted by Crippen LogP contribution is -2.38. The normalized spacial score (nSPS) is 21.1. The summed E-state index contributed by atoms with van der Waals surface area (Å²) in [5, 5.41) is 7.10. The van der Waals surface area contributed by atoms with Crippen LogP contribution in [0.25, 0.3) is 0 Å². The molecule has 0 spiro atoms. The van der Waals surface area contributed by atoms with E-state index in [-0.39, 0.29) is 5.91 Å². The van der Waals surface area contributed by atoms with Crippen molar-refractivity contribution in [1.82, 2.24) is 10.2 Å². The molecule has 3 nitrogen and oxygen atoms in total. The SMILES string of the molecule is CN(C(=O)c1ccsc1)[C@@H]1CCNC1. The zero-order valence-electron chi connectivity index (χ0n) is 8.19. The van der Waals surface area contributed by atoms with Gasteiger partial charge in [0.05, 0.1) is 5.56 Å². The molecule has 1 amide bonds. The Hall–Kier alpha value is -0.870. The molecule has 0 radical (unpaired) electrons. The van der Waals surface area contributed by atoms with Crippen molar-refractivity contribution >= 4 is 17.2 Å². The van der Waals surface area contributed by atoms with E-state index in [0.717, 1.165) is 25.1 Å². The van der Waals surface area contributed by atoms with Crippen molar-refractivity contribution in [2.75, 3.05) is 20.1 Å². The molecular formula is C10H14N2OS. The van der Waals surface area contributed by atoms with Crippen LogP contribution in [0.2, 0.25) is 0 Å². The van der Waals surface area contributed by atoms with Crippen LogP contribution in [0.5, 0.6) is 0 Å². The van der Waals surface area contributed by atoms with Crippen LogP contribution >= 0.6 is 11.3 Å². The van der Waals surface area contributed by atoms with Crippen LogP contribution in [0.15, 0.2) is 16.8 Å². The van der Waals surface area contributed by atoms with Gasteiger partial charge in [0.15, 0.2) is 0 Å². The Morgan fingerprint density at radius 1 is 1.71 bits per heavy atom. The number of hydrogen-bond donors (Lipinski definition) is 1. The number of carbonyl (C=O) groups is 1. The van der Waals surface area contributed by atoms with Gasteiger partial charge in [0, 0.05) is 25.0 Å².